The summed E-state index contributed by atoms with van der Waals surface area (Å²) in [7, 11) is 0. The fraction of sp³-hybridized carbons (Fsp3) is 0.127. The number of hydrogen-bond donors (Lipinski definition) is 0. The minimum absolute atomic E-state index is 0.189. The van der Waals surface area contributed by atoms with E-state index in [1.54, 1.807) is 0 Å². The van der Waals surface area contributed by atoms with E-state index < -0.39 is 0 Å². The van der Waals surface area contributed by atoms with Gasteiger partial charge in [-0.1, -0.05) is 455 Å². The molecule has 0 aromatic heterocycles. The van der Waals surface area contributed by atoms with Crippen LogP contribution in [0.3, 0.4) is 0 Å². The lowest BCUT2D eigenvalue weighted by molar-refractivity contribution is 0.590. The third-order valence-electron chi connectivity index (χ3n) is 21.6. The first kappa shape index (κ1) is 75.7. The van der Waals surface area contributed by atoms with E-state index in [-0.39, 0.29) is 16.2 Å². The van der Waals surface area contributed by atoms with Crippen molar-refractivity contribution >= 4 is 0 Å². The molecule has 110 heavy (non-hydrogen) atoms. The Hall–Kier alpha value is -12.5. The van der Waals surface area contributed by atoms with Crippen LogP contribution in [-0.4, -0.2) is 0 Å². The highest BCUT2D eigenvalue weighted by Crippen LogP contribution is 2.63. The molecule has 0 saturated carbocycles. The van der Waals surface area contributed by atoms with E-state index >= 15 is 0 Å². The van der Waals surface area contributed by atoms with Crippen LogP contribution in [0.4, 0.5) is 0 Å². The molecule has 0 radical (unpaired) electrons. The largest absolute Gasteiger partial charge is 0.0725 e. The van der Waals surface area contributed by atoms with Gasteiger partial charge in [0.25, 0.3) is 0 Å². The van der Waals surface area contributed by atoms with E-state index in [1.807, 2.05) is 18.2 Å². The van der Waals surface area contributed by atoms with Crippen LogP contribution in [0, 0.1) is 55.4 Å². The van der Waals surface area contributed by atoms with Crippen molar-refractivity contribution in [3.8, 4) is 66.8 Å². The van der Waals surface area contributed by atoms with Gasteiger partial charge in [-0.25, -0.2) is 0 Å². The van der Waals surface area contributed by atoms with Crippen LogP contribution in [-0.2, 0) is 16.2 Å². The van der Waals surface area contributed by atoms with Crippen LogP contribution in [0.5, 0.6) is 0 Å². The fourth-order valence-corrected chi connectivity index (χ4v) is 16.0. The van der Waals surface area contributed by atoms with Crippen LogP contribution in [0.25, 0.3) is 66.8 Å². The van der Waals surface area contributed by atoms with Crippen molar-refractivity contribution in [1.82, 2.24) is 0 Å². The van der Waals surface area contributed by atoms with Crippen molar-refractivity contribution in [2.75, 3.05) is 0 Å². The fourth-order valence-electron chi connectivity index (χ4n) is 16.0. The lowest BCUT2D eigenvalue weighted by Gasteiger charge is -2.33. The summed E-state index contributed by atoms with van der Waals surface area (Å²) in [6.45, 7) is 23.8. The van der Waals surface area contributed by atoms with Crippen molar-refractivity contribution in [3.05, 3.63) is 501 Å². The summed E-state index contributed by atoms with van der Waals surface area (Å²) >= 11 is 0. The standard InChI is InChI=1S/C26H18.C26H20.3C13H12.C11H16.C8H10/c1-17-9-8-16-24-25(17)20-12-4-7-15-23(20)26(24)21-13-5-2-10-18(21)19-11-3-6-14-22(19)26;1-19-11-10-18-24-25(19)22-16-8-9-17-23(22)26(24,20-12-4-2-5-13-20)21-14-6-3-7-15-21;1-11-7-5-6-10-13(11)12-8-3-2-4-9-12;1-11-6-5-9-13(10-11)12-7-3-2-4-8-12;1-11-7-9-13(10-8-11)12-5-3-2-4-6-12;1-9-5-7-10(8-6-9)11(2,3)4;1-7-3-5-8(2)6-4-7/h2-16H,1H3;2-18H,1H3;3*2-10H,1H3;5-8H,1-4H3;3-6H,1-2H3. The second-order valence-corrected chi connectivity index (χ2v) is 30.3. The van der Waals surface area contributed by atoms with E-state index in [9.17, 15) is 0 Å². The predicted molar refractivity (Wildman–Crippen MR) is 472 cm³/mol. The molecule has 0 aliphatic heterocycles. The molecule has 0 unspecified atom stereocenters. The summed E-state index contributed by atoms with van der Waals surface area (Å²) in [5, 5.41) is 0. The van der Waals surface area contributed by atoms with Gasteiger partial charge in [0.15, 0.2) is 0 Å². The monoisotopic (exact) mass is 1420 g/mol. The molecule has 0 N–H and O–H groups in total. The molecule has 0 bridgehead atoms. The summed E-state index contributed by atoms with van der Waals surface area (Å²) in [5.41, 5.74) is 39.0. The number of hydrogen-bond acceptors (Lipinski definition) is 0. The minimum Gasteiger partial charge on any atom is -0.0622 e. The summed E-state index contributed by atoms with van der Waals surface area (Å²) < 4.78 is 0. The maximum atomic E-state index is 2.33. The Morgan fingerprint density at radius 2 is 0.464 bits per heavy atom. The maximum Gasteiger partial charge on any atom is 0.0725 e. The van der Waals surface area contributed by atoms with Gasteiger partial charge in [-0.05, 0) is 194 Å². The third kappa shape index (κ3) is 16.3. The zero-order valence-electron chi connectivity index (χ0n) is 65.7. The first-order valence-corrected chi connectivity index (χ1v) is 38.7. The summed E-state index contributed by atoms with van der Waals surface area (Å²) in [6.07, 6.45) is 0. The molecular weight excluding hydrogens is 1320 g/mol. The van der Waals surface area contributed by atoms with E-state index in [4.69, 9.17) is 0 Å². The van der Waals surface area contributed by atoms with Gasteiger partial charge in [-0.15, -0.1) is 0 Å². The van der Waals surface area contributed by atoms with Crippen molar-refractivity contribution in [1.29, 1.82) is 0 Å². The molecule has 19 rings (SSSR count). The Morgan fingerprint density at radius 3 is 0.882 bits per heavy atom. The van der Waals surface area contributed by atoms with E-state index in [0.29, 0.717) is 0 Å². The Bertz CT molecular complexity index is 5460. The van der Waals surface area contributed by atoms with Crippen LogP contribution in [0.2, 0.25) is 0 Å². The lowest BCUT2D eigenvalue weighted by Crippen LogP contribution is -2.28. The van der Waals surface area contributed by atoms with Gasteiger partial charge in [0, 0.05) is 0 Å². The van der Waals surface area contributed by atoms with Crippen LogP contribution in [0.1, 0.15) is 115 Å². The number of rotatable bonds is 5. The highest BCUT2D eigenvalue weighted by atomic mass is 14.5. The molecule has 3 aliphatic carbocycles. The Kier molecular flexibility index (Phi) is 23.8. The topological polar surface area (TPSA) is 0 Å². The Balaban J connectivity index is 0.000000118. The van der Waals surface area contributed by atoms with Crippen LogP contribution < -0.4 is 0 Å². The smallest absolute Gasteiger partial charge is 0.0622 e. The van der Waals surface area contributed by atoms with Gasteiger partial charge >= 0.3 is 0 Å². The average molecular weight is 1420 g/mol. The molecule has 0 heteroatoms. The predicted octanol–water partition coefficient (Wildman–Crippen LogP) is 29.3. The SMILES string of the molecule is Cc1ccc(-c2ccccc2)cc1.Cc1ccc(C(C)(C)C)cc1.Cc1ccc(C)cc1.Cc1cccc(-c2ccccc2)c1.Cc1cccc2c1-c1ccccc1C2(c1ccccc1)c1ccccc1.Cc1cccc2c1-c1ccccc1C21c2ccccc2-c2ccccc21.Cc1ccccc1-c1ccccc1. The van der Waals surface area contributed by atoms with Crippen LogP contribution in [0.15, 0.2) is 406 Å². The maximum absolute atomic E-state index is 2.33. The van der Waals surface area contributed by atoms with Gasteiger partial charge < -0.3 is 0 Å². The molecule has 0 nitrogen and oxygen atoms in total. The van der Waals surface area contributed by atoms with Gasteiger partial charge in [-0.3, -0.25) is 0 Å². The summed E-state index contributed by atoms with van der Waals surface area (Å²) in [5.74, 6) is 0. The minimum atomic E-state index is -0.263. The van der Waals surface area contributed by atoms with Gasteiger partial charge in [0.1, 0.15) is 0 Å². The quantitative estimate of drug-likeness (QED) is 0.161. The number of fused-ring (bicyclic) bond motifs is 13. The molecular formula is C110H100. The molecule has 0 saturated heterocycles. The molecule has 0 heterocycles. The second-order valence-electron chi connectivity index (χ2n) is 30.3. The molecule has 16 aromatic carbocycles. The first-order chi connectivity index (χ1) is 53.5. The molecule has 0 atom stereocenters. The average Bonchev–Trinajstić information content (AvgIpc) is 1.51. The van der Waals surface area contributed by atoms with Gasteiger partial charge in [0.05, 0.1) is 10.8 Å². The Labute approximate surface area is 655 Å². The van der Waals surface area contributed by atoms with Crippen LogP contribution >= 0.6 is 0 Å². The Morgan fingerprint density at radius 1 is 0.182 bits per heavy atom. The first-order valence-electron chi connectivity index (χ1n) is 38.7. The molecule has 0 fully saturated rings. The zero-order valence-corrected chi connectivity index (χ0v) is 65.7. The third-order valence-corrected chi connectivity index (χ3v) is 21.6. The van der Waals surface area contributed by atoms with Crippen molar-refractivity contribution in [2.45, 2.75) is 92.4 Å². The highest BCUT2D eigenvalue weighted by molar-refractivity contribution is 5.96. The molecule has 3 aliphatic rings. The summed E-state index contributed by atoms with van der Waals surface area (Å²) in [6, 6.07) is 145. The lowest BCUT2D eigenvalue weighted by atomic mass is 9.67. The van der Waals surface area contributed by atoms with E-state index in [2.05, 4.69) is 464 Å². The van der Waals surface area contributed by atoms with Crippen molar-refractivity contribution in [3.63, 3.8) is 0 Å². The molecule has 1 spiro atoms. The second kappa shape index (κ2) is 34.6. The van der Waals surface area contributed by atoms with Crippen molar-refractivity contribution in [2.24, 2.45) is 0 Å². The van der Waals surface area contributed by atoms with Crippen molar-refractivity contribution < 1.29 is 0 Å². The summed E-state index contributed by atoms with van der Waals surface area (Å²) in [4.78, 5) is 0. The van der Waals surface area contributed by atoms with E-state index in [1.165, 1.54) is 161 Å². The highest BCUT2D eigenvalue weighted by Gasteiger charge is 2.52. The number of aryl methyl sites for hydroxylation is 8. The number of benzene rings is 16. The molecule has 0 amide bonds. The molecule has 16 aromatic rings. The normalized spacial score (nSPS) is 12.1. The van der Waals surface area contributed by atoms with Gasteiger partial charge in [0.2, 0.25) is 0 Å². The zero-order chi connectivity index (χ0) is 76.6. The van der Waals surface area contributed by atoms with E-state index in [0.717, 1.165) is 0 Å². The van der Waals surface area contributed by atoms with Gasteiger partial charge in [-0.2, -0.15) is 0 Å². The molecule has 540 valence electrons.